The molecule has 0 unspecified atom stereocenters. The van der Waals surface area contributed by atoms with Gasteiger partial charge in [-0.25, -0.2) is 0 Å². The van der Waals surface area contributed by atoms with Gasteiger partial charge in [-0.3, -0.25) is 4.79 Å². The van der Waals surface area contributed by atoms with Crippen LogP contribution in [-0.4, -0.2) is 156 Å². The average molecular weight is 815 g/mol. The minimum Gasteiger partial charge on any atom is -0.459 e. The second kappa shape index (κ2) is 17.2. The van der Waals surface area contributed by atoms with Gasteiger partial charge in [0.25, 0.3) is 0 Å². The second-order valence-corrected chi connectivity index (χ2v) is 18.7. The molecular weight excluding hydrogens is 747 g/mol. The number of epoxide rings is 1. The second-order valence-electron chi connectivity index (χ2n) is 17.3. The zero-order valence-corrected chi connectivity index (χ0v) is 35.2. The van der Waals surface area contributed by atoms with E-state index >= 15 is 0 Å². The van der Waals surface area contributed by atoms with Crippen molar-refractivity contribution in [2.45, 2.75) is 185 Å². The number of rotatable bonds is 8. The molecule has 0 amide bonds. The highest BCUT2D eigenvalue weighted by atomic mass is 32.3. The average Bonchev–Trinajstić information content (AvgIpc) is 3.91. The van der Waals surface area contributed by atoms with Crippen LogP contribution < -0.4 is 5.32 Å². The number of hydrogen-bond donors (Lipinski definition) is 5. The lowest BCUT2D eigenvalue weighted by atomic mass is 9.77. The van der Waals surface area contributed by atoms with Crippen LogP contribution in [0.15, 0.2) is 0 Å². The van der Waals surface area contributed by atoms with Crippen LogP contribution in [0.3, 0.4) is 0 Å². The Morgan fingerprint density at radius 3 is 2.18 bits per heavy atom. The number of cyclic esters (lactones) is 1. The van der Waals surface area contributed by atoms with Crippen LogP contribution in [0.4, 0.5) is 3.89 Å². The molecule has 0 saturated carbocycles. The fraction of sp³-hybridized carbons (Fsp3) is 0.973. The maximum atomic E-state index is 14.2. The van der Waals surface area contributed by atoms with Crippen molar-refractivity contribution in [2.24, 2.45) is 17.8 Å². The number of aliphatic hydroxyl groups is 4. The van der Waals surface area contributed by atoms with Crippen LogP contribution in [0.2, 0.25) is 0 Å². The van der Waals surface area contributed by atoms with Crippen LogP contribution in [-0.2, 0) is 48.4 Å². The van der Waals surface area contributed by atoms with Crippen LogP contribution in [0.5, 0.6) is 0 Å². The summed E-state index contributed by atoms with van der Waals surface area (Å²) >= 11 is 0. The molecule has 0 aromatic carbocycles. The van der Waals surface area contributed by atoms with Gasteiger partial charge in [0, 0.05) is 32.5 Å². The molecular formula is C37H67FN2O14S. The number of likely N-dealkylation sites (N-methyl/N-ethyl adjacent to an activating group) is 1. The minimum absolute atomic E-state index is 0.0400. The molecule has 4 fully saturated rings. The van der Waals surface area contributed by atoms with Gasteiger partial charge < -0.3 is 58.9 Å². The Labute approximate surface area is 326 Å². The van der Waals surface area contributed by atoms with E-state index in [-0.39, 0.29) is 38.1 Å². The number of halogens is 1. The summed E-state index contributed by atoms with van der Waals surface area (Å²) in [6, 6.07) is -1.92. The highest BCUT2D eigenvalue weighted by Crippen LogP contribution is 2.51. The normalized spacial score (nSPS) is 49.6. The standard InChI is InChI=1S/C37H67FN2O14S/c1-13-26-36(10,45)30(42)23(6)39-17-19(2)15-34(8,44)31(54-33-28(41)25(14-20(3)50-33)40(11)55(38,46)47)21(4)29(22(5)32(43)52-26)53-27-16-35(9,48-12)37(18-49-37)24(7)51-27/h19-31,33,39,41-42,44-45H,13-18H2,1-12H3/t19-,20-,21+,22-,23-,24+,25+,26-,27+,28-,29+,30-,31-,33+,34-,35-,36-,37+/m1/s1. The number of carbonyl (C=O) groups excluding carboxylic acids is 1. The van der Waals surface area contributed by atoms with Crippen molar-refractivity contribution in [2.75, 3.05) is 27.3 Å². The fourth-order valence-electron chi connectivity index (χ4n) is 9.04. The quantitative estimate of drug-likeness (QED) is 0.134. The Morgan fingerprint density at radius 1 is 1.02 bits per heavy atom. The smallest absolute Gasteiger partial charge is 0.374 e. The van der Waals surface area contributed by atoms with Crippen LogP contribution >= 0.6 is 0 Å². The number of carbonyl (C=O) groups is 1. The van der Waals surface area contributed by atoms with Gasteiger partial charge in [-0.05, 0) is 80.2 Å². The topological polar surface area (TPSA) is 215 Å². The van der Waals surface area contributed by atoms with Crippen molar-refractivity contribution in [1.29, 1.82) is 0 Å². The van der Waals surface area contributed by atoms with E-state index in [9.17, 15) is 37.5 Å². The Kier molecular flexibility index (Phi) is 14.6. The van der Waals surface area contributed by atoms with Gasteiger partial charge in [-0.15, -0.1) is 0 Å². The molecule has 4 aliphatic heterocycles. The molecule has 0 aliphatic carbocycles. The highest BCUT2D eigenvalue weighted by molar-refractivity contribution is 7.83. The van der Waals surface area contributed by atoms with Crippen molar-refractivity contribution in [3.63, 3.8) is 0 Å². The number of nitrogens with one attached hydrogen (secondary N) is 1. The Morgan fingerprint density at radius 2 is 1.64 bits per heavy atom. The largest absolute Gasteiger partial charge is 0.459 e. The SMILES string of the molecule is CC[C@H]1OC(=O)[C@H](C)[C@@H](O[C@H]2C[C@@](C)(OC)[C@]3(CO3)[C@H](C)O2)[C@H](C)[C@@H](O[C@@H]2O[C@H](C)C[C@H](N(C)S(=O)(=O)F)[C@H]2O)[C@](C)(O)C[C@@H](C)CN[C@H](C)[C@@H](O)[C@]1(C)O. The number of nitrogens with zero attached hydrogens (tertiary/aromatic N) is 1. The summed E-state index contributed by atoms with van der Waals surface area (Å²) in [7, 11) is -2.62. The van der Waals surface area contributed by atoms with Crippen molar-refractivity contribution in [3.05, 3.63) is 0 Å². The Hall–Kier alpha value is -1.13. The summed E-state index contributed by atoms with van der Waals surface area (Å²) < 4.78 is 81.9. The summed E-state index contributed by atoms with van der Waals surface area (Å²) in [5.41, 5.74) is -5.13. The van der Waals surface area contributed by atoms with Crippen molar-refractivity contribution in [3.8, 4) is 0 Å². The molecule has 1 spiro atoms. The summed E-state index contributed by atoms with van der Waals surface area (Å²) in [6.07, 6.45) is -9.83. The number of esters is 1. The van der Waals surface area contributed by atoms with E-state index in [0.29, 0.717) is 10.9 Å². The summed E-state index contributed by atoms with van der Waals surface area (Å²) in [5, 5.41) is 50.1. The first-order chi connectivity index (χ1) is 25.3. The predicted octanol–water partition coefficient (Wildman–Crippen LogP) is 1.55. The fourth-order valence-corrected chi connectivity index (χ4v) is 9.57. The Bertz CT molecular complexity index is 1420. The highest BCUT2D eigenvalue weighted by Gasteiger charge is 2.67. The predicted molar refractivity (Wildman–Crippen MR) is 196 cm³/mol. The van der Waals surface area contributed by atoms with Crippen molar-refractivity contribution >= 4 is 16.4 Å². The molecule has 55 heavy (non-hydrogen) atoms. The van der Waals surface area contributed by atoms with E-state index in [0.717, 1.165) is 7.05 Å². The number of methoxy groups -OCH3 is 1. The number of ether oxygens (including phenoxy) is 7. The molecule has 4 rings (SSSR count). The van der Waals surface area contributed by atoms with E-state index in [1.165, 1.54) is 6.92 Å². The molecule has 4 aliphatic rings. The lowest BCUT2D eigenvalue weighted by Gasteiger charge is -2.49. The summed E-state index contributed by atoms with van der Waals surface area (Å²) in [4.78, 5) is 14.2. The van der Waals surface area contributed by atoms with E-state index in [4.69, 9.17) is 33.2 Å². The van der Waals surface area contributed by atoms with E-state index in [1.807, 2.05) is 20.8 Å². The zero-order chi connectivity index (χ0) is 41.6. The summed E-state index contributed by atoms with van der Waals surface area (Å²) in [6.45, 7) is 17.6. The first kappa shape index (κ1) is 46.6. The molecule has 5 N–H and O–H groups in total. The van der Waals surface area contributed by atoms with Crippen molar-refractivity contribution in [1.82, 2.24) is 9.62 Å². The van der Waals surface area contributed by atoms with E-state index in [1.54, 1.807) is 48.7 Å². The van der Waals surface area contributed by atoms with Crippen LogP contribution in [0.1, 0.15) is 94.9 Å². The van der Waals surface area contributed by atoms with Crippen LogP contribution in [0, 0.1) is 17.8 Å². The van der Waals surface area contributed by atoms with E-state index in [2.05, 4.69) is 5.32 Å². The van der Waals surface area contributed by atoms with Crippen LogP contribution in [0.25, 0.3) is 0 Å². The maximum absolute atomic E-state index is 14.2. The molecule has 0 aromatic rings. The molecule has 18 heteroatoms. The number of hydrogen-bond acceptors (Lipinski definition) is 15. The third-order valence-corrected chi connectivity index (χ3v) is 13.7. The van der Waals surface area contributed by atoms with Crippen molar-refractivity contribution < 1.29 is 70.7 Å². The molecule has 322 valence electrons. The zero-order valence-electron chi connectivity index (χ0n) is 34.4. The maximum Gasteiger partial charge on any atom is 0.374 e. The molecule has 4 saturated heterocycles. The Balaban J connectivity index is 1.81. The third kappa shape index (κ3) is 9.68. The molecule has 0 radical (unpaired) electrons. The molecule has 0 aromatic heterocycles. The monoisotopic (exact) mass is 814 g/mol. The van der Waals surface area contributed by atoms with Gasteiger partial charge in [-0.2, -0.15) is 12.7 Å². The first-order valence-corrected chi connectivity index (χ1v) is 20.8. The van der Waals surface area contributed by atoms with Gasteiger partial charge in [0.1, 0.15) is 35.1 Å². The molecule has 0 bridgehead atoms. The lowest BCUT2D eigenvalue weighted by molar-refractivity contribution is -0.314. The molecule has 18 atom stereocenters. The third-order valence-electron chi connectivity index (χ3n) is 12.8. The summed E-state index contributed by atoms with van der Waals surface area (Å²) in [5.74, 6) is -3.07. The van der Waals surface area contributed by atoms with Gasteiger partial charge in [0.2, 0.25) is 0 Å². The van der Waals surface area contributed by atoms with Gasteiger partial charge in [0.05, 0.1) is 48.6 Å². The van der Waals surface area contributed by atoms with Gasteiger partial charge in [0.15, 0.2) is 12.6 Å². The lowest BCUT2D eigenvalue weighted by Crippen LogP contribution is -2.61. The van der Waals surface area contributed by atoms with Gasteiger partial charge >= 0.3 is 16.4 Å². The first-order valence-electron chi connectivity index (χ1n) is 19.5. The minimum atomic E-state index is -5.21. The van der Waals surface area contributed by atoms with E-state index < -0.39 is 118 Å². The molecule has 4 heterocycles. The van der Waals surface area contributed by atoms with Gasteiger partial charge in [-0.1, -0.05) is 24.7 Å². The molecule has 16 nitrogen and oxygen atoms in total. The number of aliphatic hydroxyl groups excluding tert-OH is 2.